The lowest BCUT2D eigenvalue weighted by Crippen LogP contribution is -2.35. The van der Waals surface area contributed by atoms with Crippen LogP contribution in [-0.2, 0) is 11.3 Å². The van der Waals surface area contributed by atoms with E-state index in [1.54, 1.807) is 28.8 Å². The van der Waals surface area contributed by atoms with Crippen molar-refractivity contribution < 1.29 is 14.4 Å². The Morgan fingerprint density at radius 2 is 1.55 bits per heavy atom. The Bertz CT molecular complexity index is 1130. The Labute approximate surface area is 166 Å². The molecule has 0 saturated heterocycles. The van der Waals surface area contributed by atoms with E-state index >= 15 is 0 Å². The fourth-order valence-electron chi connectivity index (χ4n) is 3.54. The van der Waals surface area contributed by atoms with E-state index in [0.717, 1.165) is 15.9 Å². The monoisotopic (exact) mass is 392 g/mol. The molecule has 0 atom stereocenters. The van der Waals surface area contributed by atoms with Crippen LogP contribution in [0.15, 0.2) is 53.3 Å². The third-order valence-corrected chi connectivity index (χ3v) is 5.00. The second-order valence-electron chi connectivity index (χ2n) is 6.86. The first-order valence-corrected chi connectivity index (χ1v) is 9.46. The Balaban J connectivity index is 1.25. The van der Waals surface area contributed by atoms with Gasteiger partial charge in [-0.1, -0.05) is 24.3 Å². The van der Waals surface area contributed by atoms with Crippen LogP contribution >= 0.6 is 0 Å². The highest BCUT2D eigenvalue weighted by molar-refractivity contribution is 6.21. The number of nitrogens with one attached hydrogen (secondary N) is 2. The normalized spacial score (nSPS) is 13.2. The summed E-state index contributed by atoms with van der Waals surface area (Å²) in [5, 5.41) is 2.77. The number of hydrogen-bond donors (Lipinski definition) is 2. The average molecular weight is 392 g/mol. The highest BCUT2D eigenvalue weighted by Gasteiger charge is 2.34. The number of carbonyl (C=O) groups is 3. The molecule has 0 unspecified atom stereocenters. The van der Waals surface area contributed by atoms with Crippen LogP contribution in [0.4, 0.5) is 0 Å². The number of nitrogens with zero attached hydrogens (tertiary/aromatic N) is 2. The van der Waals surface area contributed by atoms with Gasteiger partial charge in [-0.25, -0.2) is 4.79 Å². The van der Waals surface area contributed by atoms with Crippen molar-refractivity contribution in [1.29, 1.82) is 0 Å². The van der Waals surface area contributed by atoms with E-state index in [0.29, 0.717) is 30.6 Å². The van der Waals surface area contributed by atoms with E-state index in [-0.39, 0.29) is 36.4 Å². The maximum atomic E-state index is 12.3. The van der Waals surface area contributed by atoms with Crippen molar-refractivity contribution in [2.45, 2.75) is 19.4 Å². The molecule has 1 aliphatic heterocycles. The number of fused-ring (bicyclic) bond motifs is 2. The van der Waals surface area contributed by atoms with Crippen molar-refractivity contribution in [3.8, 4) is 0 Å². The van der Waals surface area contributed by atoms with E-state index in [1.165, 1.54) is 0 Å². The average Bonchev–Trinajstić information content (AvgIpc) is 3.17. The minimum Gasteiger partial charge on any atom is -0.356 e. The number of aryl methyl sites for hydroxylation is 1. The van der Waals surface area contributed by atoms with Crippen molar-refractivity contribution in [2.75, 3.05) is 13.1 Å². The van der Waals surface area contributed by atoms with Gasteiger partial charge in [0, 0.05) is 26.1 Å². The molecule has 0 aliphatic carbocycles. The van der Waals surface area contributed by atoms with E-state index < -0.39 is 0 Å². The van der Waals surface area contributed by atoms with Gasteiger partial charge in [-0.15, -0.1) is 0 Å². The first-order valence-electron chi connectivity index (χ1n) is 9.46. The topological polar surface area (TPSA) is 104 Å². The van der Waals surface area contributed by atoms with Gasteiger partial charge >= 0.3 is 5.69 Å². The van der Waals surface area contributed by atoms with Crippen LogP contribution in [0, 0.1) is 0 Å². The molecule has 3 aromatic rings. The number of carbonyl (C=O) groups excluding carboxylic acids is 3. The SMILES string of the molecule is O=C(CCN1C(=O)c2ccccc2C1=O)NCCCn1c(=O)[nH]c2ccccc21. The van der Waals surface area contributed by atoms with Gasteiger partial charge in [0.25, 0.3) is 11.8 Å². The summed E-state index contributed by atoms with van der Waals surface area (Å²) in [7, 11) is 0. The number of aromatic nitrogens is 2. The fraction of sp³-hybridized carbons (Fsp3) is 0.238. The van der Waals surface area contributed by atoms with Gasteiger partial charge in [0.1, 0.15) is 0 Å². The van der Waals surface area contributed by atoms with Crippen LogP contribution in [0.2, 0.25) is 0 Å². The molecule has 0 saturated carbocycles. The number of H-pyrrole nitrogens is 1. The molecule has 2 N–H and O–H groups in total. The minimum absolute atomic E-state index is 0.0402. The Morgan fingerprint density at radius 1 is 0.897 bits per heavy atom. The van der Waals surface area contributed by atoms with Crippen LogP contribution in [0.3, 0.4) is 0 Å². The van der Waals surface area contributed by atoms with Crippen molar-refractivity contribution >= 4 is 28.8 Å². The van der Waals surface area contributed by atoms with E-state index in [1.807, 2.05) is 24.3 Å². The van der Waals surface area contributed by atoms with Crippen LogP contribution in [0.1, 0.15) is 33.6 Å². The molecule has 0 fully saturated rings. The number of rotatable bonds is 7. The number of para-hydroxylation sites is 2. The summed E-state index contributed by atoms with van der Waals surface area (Å²) in [5.41, 5.74) is 2.18. The fourth-order valence-corrected chi connectivity index (χ4v) is 3.54. The summed E-state index contributed by atoms with van der Waals surface area (Å²) >= 11 is 0. The van der Waals surface area contributed by atoms with Crippen molar-refractivity contribution in [1.82, 2.24) is 19.8 Å². The maximum Gasteiger partial charge on any atom is 0.326 e. The predicted molar refractivity (Wildman–Crippen MR) is 107 cm³/mol. The molecule has 1 aliphatic rings. The molecule has 1 aromatic heterocycles. The standard InChI is InChI=1S/C21H20N4O4/c26-18(10-13-25-19(27)14-6-1-2-7-15(14)20(25)28)22-11-5-12-24-17-9-4-3-8-16(17)23-21(24)29/h1-4,6-9H,5,10-13H2,(H,22,26)(H,23,29). The number of benzene rings is 2. The highest BCUT2D eigenvalue weighted by Crippen LogP contribution is 2.22. The van der Waals surface area contributed by atoms with Gasteiger partial charge < -0.3 is 10.3 Å². The lowest BCUT2D eigenvalue weighted by molar-refractivity contribution is -0.121. The molecular formula is C21H20N4O4. The third kappa shape index (κ3) is 3.56. The molecule has 2 heterocycles. The van der Waals surface area contributed by atoms with Gasteiger partial charge in [0.2, 0.25) is 5.91 Å². The summed E-state index contributed by atoms with van der Waals surface area (Å²) in [6.07, 6.45) is 0.624. The van der Waals surface area contributed by atoms with Crippen LogP contribution < -0.4 is 11.0 Å². The largest absolute Gasteiger partial charge is 0.356 e. The van der Waals surface area contributed by atoms with Gasteiger partial charge in [-0.05, 0) is 30.7 Å². The summed E-state index contributed by atoms with van der Waals surface area (Å²) < 4.78 is 1.64. The molecule has 2 aromatic carbocycles. The highest BCUT2D eigenvalue weighted by atomic mass is 16.2. The molecule has 29 heavy (non-hydrogen) atoms. The number of imidazole rings is 1. The number of imide groups is 1. The first-order chi connectivity index (χ1) is 14.1. The van der Waals surface area contributed by atoms with Gasteiger partial charge in [0.05, 0.1) is 22.2 Å². The molecule has 0 radical (unpaired) electrons. The van der Waals surface area contributed by atoms with Crippen LogP contribution in [0.25, 0.3) is 11.0 Å². The summed E-state index contributed by atoms with van der Waals surface area (Å²) in [6, 6.07) is 14.1. The van der Waals surface area contributed by atoms with Gasteiger partial charge in [0.15, 0.2) is 0 Å². The minimum atomic E-state index is -0.364. The van der Waals surface area contributed by atoms with Crippen molar-refractivity contribution in [3.05, 3.63) is 70.1 Å². The summed E-state index contributed by atoms with van der Waals surface area (Å²) in [5.74, 6) is -0.970. The molecule has 148 valence electrons. The Kier molecular flexibility index (Phi) is 4.99. The zero-order chi connectivity index (χ0) is 20.4. The molecule has 0 bridgehead atoms. The molecule has 3 amide bonds. The number of aromatic amines is 1. The zero-order valence-corrected chi connectivity index (χ0v) is 15.7. The molecule has 8 nitrogen and oxygen atoms in total. The lowest BCUT2D eigenvalue weighted by Gasteiger charge is -2.13. The zero-order valence-electron chi connectivity index (χ0n) is 15.7. The second-order valence-corrected chi connectivity index (χ2v) is 6.86. The van der Waals surface area contributed by atoms with E-state index in [9.17, 15) is 19.2 Å². The Hall–Kier alpha value is -3.68. The predicted octanol–water partition coefficient (Wildman–Crippen LogP) is 1.52. The van der Waals surface area contributed by atoms with E-state index in [2.05, 4.69) is 10.3 Å². The molecule has 8 heteroatoms. The second kappa shape index (κ2) is 7.75. The number of amides is 3. The van der Waals surface area contributed by atoms with Gasteiger partial charge in [-0.3, -0.25) is 23.9 Å². The van der Waals surface area contributed by atoms with Crippen molar-refractivity contribution in [2.24, 2.45) is 0 Å². The van der Waals surface area contributed by atoms with Crippen LogP contribution in [0.5, 0.6) is 0 Å². The van der Waals surface area contributed by atoms with Crippen LogP contribution in [-0.4, -0.2) is 45.3 Å². The maximum absolute atomic E-state index is 12.3. The lowest BCUT2D eigenvalue weighted by atomic mass is 10.1. The Morgan fingerprint density at radius 3 is 2.28 bits per heavy atom. The number of hydrogen-bond acceptors (Lipinski definition) is 4. The quantitative estimate of drug-likeness (QED) is 0.470. The summed E-state index contributed by atoms with van der Waals surface area (Å²) in [4.78, 5) is 52.6. The molecular weight excluding hydrogens is 372 g/mol. The summed E-state index contributed by atoms with van der Waals surface area (Å²) in [6.45, 7) is 0.911. The van der Waals surface area contributed by atoms with Gasteiger partial charge in [-0.2, -0.15) is 0 Å². The smallest absolute Gasteiger partial charge is 0.326 e. The van der Waals surface area contributed by atoms with E-state index in [4.69, 9.17) is 0 Å². The third-order valence-electron chi connectivity index (χ3n) is 5.00. The molecule has 4 rings (SSSR count). The van der Waals surface area contributed by atoms with Crippen molar-refractivity contribution in [3.63, 3.8) is 0 Å². The first kappa shape index (κ1) is 18.7. The molecule has 0 spiro atoms.